The van der Waals surface area contributed by atoms with Crippen molar-refractivity contribution in [1.29, 1.82) is 0 Å². The summed E-state index contributed by atoms with van der Waals surface area (Å²) in [6.45, 7) is 2.07. The van der Waals surface area contributed by atoms with Gasteiger partial charge in [0.15, 0.2) is 0 Å². The Balaban J connectivity index is 1.75. The summed E-state index contributed by atoms with van der Waals surface area (Å²) in [6, 6.07) is 0. The Morgan fingerprint density at radius 2 is 2.43 bits per heavy atom. The van der Waals surface area contributed by atoms with E-state index in [1.807, 2.05) is 0 Å². The van der Waals surface area contributed by atoms with Gasteiger partial charge in [-0.1, -0.05) is 0 Å². The van der Waals surface area contributed by atoms with Crippen LogP contribution in [0.1, 0.15) is 13.3 Å². The van der Waals surface area contributed by atoms with Crippen molar-refractivity contribution in [3.63, 3.8) is 0 Å². The molecule has 1 aromatic heterocycles. The molecule has 2 unspecified atom stereocenters. The second-order valence-electron chi connectivity index (χ2n) is 5.36. The Morgan fingerprint density at radius 1 is 1.67 bits per heavy atom. The lowest BCUT2D eigenvalue weighted by Crippen LogP contribution is -2.60. The summed E-state index contributed by atoms with van der Waals surface area (Å²) in [5.41, 5.74) is 0. The van der Waals surface area contributed by atoms with E-state index in [0.717, 1.165) is 0 Å². The number of thioether (sulfide) groups is 1. The first-order valence-electron chi connectivity index (χ1n) is 6.55. The van der Waals surface area contributed by atoms with Crippen LogP contribution in [0.4, 0.5) is 0 Å². The van der Waals surface area contributed by atoms with Crippen molar-refractivity contribution >= 4 is 23.6 Å². The van der Waals surface area contributed by atoms with Crippen LogP contribution in [-0.2, 0) is 16.1 Å². The summed E-state index contributed by atoms with van der Waals surface area (Å²) < 4.78 is 0.394. The van der Waals surface area contributed by atoms with Gasteiger partial charge in [-0.2, -0.15) is 0 Å². The largest absolute Gasteiger partial charge is 0.480 e. The lowest BCUT2D eigenvalue weighted by Gasteiger charge is -2.42. The molecule has 1 amide bonds. The van der Waals surface area contributed by atoms with Gasteiger partial charge in [-0.15, -0.1) is 16.9 Å². The number of aromatic nitrogens is 4. The Kier molecular flexibility index (Phi) is 3.36. The molecule has 0 radical (unpaired) electrons. The fraction of sp³-hybridized carbons (Fsp3) is 0.727. The molecule has 2 saturated heterocycles. The number of nitrogens with zero attached hydrogens (tertiary/aromatic N) is 5. The zero-order valence-electron chi connectivity index (χ0n) is 11.3. The monoisotopic (exact) mass is 313 g/mol. The number of tetrazole rings is 1. The molecule has 10 heteroatoms. The Bertz CT molecular complexity index is 565. The zero-order chi connectivity index (χ0) is 15.2. The topological polar surface area (TPSA) is 121 Å². The Labute approximate surface area is 124 Å². The van der Waals surface area contributed by atoms with Gasteiger partial charge in [0.25, 0.3) is 0 Å². The van der Waals surface area contributed by atoms with E-state index in [1.165, 1.54) is 27.7 Å². The van der Waals surface area contributed by atoms with Gasteiger partial charge in [0, 0.05) is 13.1 Å². The minimum Gasteiger partial charge on any atom is -0.480 e. The maximum absolute atomic E-state index is 12.0. The molecule has 3 heterocycles. The summed E-state index contributed by atoms with van der Waals surface area (Å²) in [7, 11) is 0. The van der Waals surface area contributed by atoms with Crippen molar-refractivity contribution in [3.8, 4) is 0 Å². The maximum atomic E-state index is 12.0. The minimum absolute atomic E-state index is 0.155. The van der Waals surface area contributed by atoms with Gasteiger partial charge in [0.2, 0.25) is 5.91 Å². The van der Waals surface area contributed by atoms with Gasteiger partial charge in [-0.05, 0) is 23.8 Å². The lowest BCUT2D eigenvalue weighted by atomic mass is 9.91. The number of aliphatic hydroxyl groups excluding tert-OH is 1. The smallest absolute Gasteiger partial charge is 0.321 e. The van der Waals surface area contributed by atoms with Crippen molar-refractivity contribution in [1.82, 2.24) is 25.1 Å². The first kappa shape index (κ1) is 14.3. The number of carbonyl (C=O) groups excluding carboxylic acids is 1. The van der Waals surface area contributed by atoms with Crippen LogP contribution in [-0.4, -0.2) is 70.0 Å². The maximum Gasteiger partial charge on any atom is 0.321 e. The number of carboxylic acid groups (broad SMARTS) is 1. The van der Waals surface area contributed by atoms with Gasteiger partial charge in [0.05, 0.1) is 17.4 Å². The molecule has 3 rings (SSSR count). The van der Waals surface area contributed by atoms with E-state index in [4.69, 9.17) is 0 Å². The number of hydrogen-bond donors (Lipinski definition) is 2. The summed E-state index contributed by atoms with van der Waals surface area (Å²) in [4.78, 5) is 25.2. The zero-order valence-corrected chi connectivity index (χ0v) is 12.1. The molecule has 21 heavy (non-hydrogen) atoms. The fourth-order valence-electron chi connectivity index (χ4n) is 2.78. The van der Waals surface area contributed by atoms with Crippen molar-refractivity contribution in [3.05, 3.63) is 6.33 Å². The second kappa shape index (κ2) is 4.95. The average molecular weight is 313 g/mol. The number of carboxylic acids is 1. The number of amides is 1. The Morgan fingerprint density at radius 3 is 3.00 bits per heavy atom. The minimum atomic E-state index is -1.07. The highest BCUT2D eigenvalue weighted by molar-refractivity contribution is 8.02. The number of aliphatic carboxylic acids is 1. The van der Waals surface area contributed by atoms with Gasteiger partial charge in [-0.25, -0.2) is 4.68 Å². The van der Waals surface area contributed by atoms with Crippen LogP contribution in [0, 0.1) is 5.92 Å². The van der Waals surface area contributed by atoms with Gasteiger partial charge >= 0.3 is 5.97 Å². The summed E-state index contributed by atoms with van der Waals surface area (Å²) in [5, 5.41) is 29.7. The number of carbonyl (C=O) groups is 2. The molecule has 2 aliphatic rings. The molecule has 4 atom stereocenters. The third kappa shape index (κ3) is 2.18. The van der Waals surface area contributed by atoms with Crippen LogP contribution < -0.4 is 0 Å². The van der Waals surface area contributed by atoms with Crippen LogP contribution in [0.15, 0.2) is 6.33 Å². The Hall–Kier alpha value is -1.68. The van der Waals surface area contributed by atoms with Gasteiger partial charge < -0.3 is 15.1 Å². The molecule has 2 N–H and O–H groups in total. The molecule has 1 aromatic rings. The van der Waals surface area contributed by atoms with Crippen LogP contribution in [0.5, 0.6) is 0 Å². The number of rotatable bonds is 5. The van der Waals surface area contributed by atoms with Crippen molar-refractivity contribution in [2.75, 3.05) is 6.54 Å². The van der Waals surface area contributed by atoms with E-state index in [9.17, 15) is 19.8 Å². The lowest BCUT2D eigenvalue weighted by molar-refractivity contribution is -0.156. The molecule has 0 aliphatic carbocycles. The van der Waals surface area contributed by atoms with Crippen LogP contribution in [0.3, 0.4) is 0 Å². The predicted molar refractivity (Wildman–Crippen MR) is 71.1 cm³/mol. The first-order valence-corrected chi connectivity index (χ1v) is 7.43. The van der Waals surface area contributed by atoms with E-state index in [0.29, 0.717) is 13.0 Å². The van der Waals surface area contributed by atoms with E-state index >= 15 is 0 Å². The van der Waals surface area contributed by atoms with Crippen LogP contribution in [0.2, 0.25) is 0 Å². The molecule has 9 nitrogen and oxygen atoms in total. The number of β-lactam (4-membered cyclic amide) rings is 1. The third-order valence-corrected chi connectivity index (χ3v) is 5.75. The molecule has 2 fully saturated rings. The highest BCUT2D eigenvalue weighted by Crippen LogP contribution is 2.52. The normalized spacial score (nSPS) is 32.7. The van der Waals surface area contributed by atoms with Crippen molar-refractivity contribution in [2.24, 2.45) is 5.92 Å². The summed E-state index contributed by atoms with van der Waals surface area (Å²) >= 11 is 1.24. The average Bonchev–Trinajstić information content (AvgIpc) is 3.02. The van der Waals surface area contributed by atoms with Crippen LogP contribution >= 0.6 is 11.8 Å². The van der Waals surface area contributed by atoms with Crippen molar-refractivity contribution < 1.29 is 19.8 Å². The highest BCUT2D eigenvalue weighted by atomic mass is 32.2. The molecule has 114 valence electrons. The highest BCUT2D eigenvalue weighted by Gasteiger charge is 2.62. The number of hydrogen-bond acceptors (Lipinski definition) is 7. The third-order valence-electron chi connectivity index (χ3n) is 4.00. The summed E-state index contributed by atoms with van der Waals surface area (Å²) in [5.74, 6) is -1.63. The number of aryl methyl sites for hydroxylation is 1. The molecule has 0 saturated carbocycles. The molecular formula is C11H15N5O4S. The fourth-order valence-corrected chi connectivity index (χ4v) is 4.57. The van der Waals surface area contributed by atoms with E-state index < -0.39 is 22.7 Å². The predicted octanol–water partition coefficient (Wildman–Crippen LogP) is -1.20. The quantitative estimate of drug-likeness (QED) is 0.650. The molecule has 0 aromatic carbocycles. The van der Waals surface area contributed by atoms with E-state index in [-0.39, 0.29) is 17.8 Å². The number of fused-ring (bicyclic) bond motifs is 1. The standard InChI is InChI=1S/C11H15N5O4S/c1-6(17)7-8(18)16-4-11(10(19)20,21-9(7)16)2-3-15-5-12-13-14-15/h5-7,9,17H,2-4H2,1H3,(H,19,20)/t6?,7-,9+,11?/m0/s1. The first-order chi connectivity index (χ1) is 9.94. The molecule has 0 spiro atoms. The summed E-state index contributed by atoms with van der Waals surface area (Å²) in [6.07, 6.45) is 0.967. The number of aliphatic hydroxyl groups is 1. The second-order valence-corrected chi connectivity index (χ2v) is 6.86. The van der Waals surface area contributed by atoms with E-state index in [2.05, 4.69) is 15.5 Å². The molecule has 0 bridgehead atoms. The van der Waals surface area contributed by atoms with Gasteiger partial charge in [-0.3, -0.25) is 9.59 Å². The van der Waals surface area contributed by atoms with Gasteiger partial charge in [0.1, 0.15) is 11.1 Å². The van der Waals surface area contributed by atoms with Crippen LogP contribution in [0.25, 0.3) is 0 Å². The van der Waals surface area contributed by atoms with E-state index in [1.54, 1.807) is 6.92 Å². The molecular weight excluding hydrogens is 298 g/mol. The SMILES string of the molecule is CC(O)[C@H]1C(=O)N2CC(CCn3cnnn3)(C(=O)O)S[C@H]12. The molecule has 2 aliphatic heterocycles. The van der Waals surface area contributed by atoms with Crippen molar-refractivity contribution in [2.45, 2.75) is 36.1 Å².